The second-order valence-corrected chi connectivity index (χ2v) is 12.3. The first-order chi connectivity index (χ1) is 20.2. The number of aromatic nitrogens is 3. The smallest absolute Gasteiger partial charge is 0.276 e. The molecule has 4 aliphatic rings. The standard InChI is InChI=1S/C33H38F2N6O/c1-22-8-5-3-4-6-15-41-30-27(19-28(31(41)42)32(20-36)13-14-32)29(37-21-38-30)39-23(2)24-9-7-10-26(18-24)33(34,35)25-11-16-40(22)17-12-25/h3-4,7,9-10,18-19,21-23,25H,5-6,8,11-17H2,1-2H3,(H,37,38,39)/b4-3-/t22?,23-/m1/s1. The number of allylic oxidation sites excluding steroid dienone is 2. The zero-order valence-electron chi connectivity index (χ0n) is 24.3. The molecule has 0 spiro atoms. The van der Waals surface area contributed by atoms with E-state index in [1.165, 1.54) is 12.4 Å². The summed E-state index contributed by atoms with van der Waals surface area (Å²) < 4.78 is 33.4. The molecule has 7 rings (SSSR count). The van der Waals surface area contributed by atoms with Gasteiger partial charge in [0.2, 0.25) is 0 Å². The maximum atomic E-state index is 15.9. The predicted molar refractivity (Wildman–Crippen MR) is 159 cm³/mol. The monoisotopic (exact) mass is 572 g/mol. The number of alkyl halides is 2. The lowest BCUT2D eigenvalue weighted by Gasteiger charge is -2.39. The van der Waals surface area contributed by atoms with Crippen LogP contribution in [0, 0.1) is 17.2 Å². The Labute approximate surface area is 245 Å². The maximum Gasteiger partial charge on any atom is 0.276 e. The van der Waals surface area contributed by atoms with Crippen LogP contribution in [-0.2, 0) is 17.9 Å². The van der Waals surface area contributed by atoms with Gasteiger partial charge in [-0.3, -0.25) is 9.36 Å². The quantitative estimate of drug-likeness (QED) is 0.337. The van der Waals surface area contributed by atoms with Crippen LogP contribution in [0.15, 0.2) is 53.6 Å². The predicted octanol–water partition coefficient (Wildman–Crippen LogP) is 6.45. The summed E-state index contributed by atoms with van der Waals surface area (Å²) in [5.74, 6) is -3.10. The zero-order chi connectivity index (χ0) is 29.5. The van der Waals surface area contributed by atoms with Gasteiger partial charge in [-0.1, -0.05) is 30.4 Å². The fraction of sp³-hybridized carbons (Fsp3) is 0.515. The first kappa shape index (κ1) is 28.5. The molecule has 0 radical (unpaired) electrons. The number of pyridine rings is 1. The van der Waals surface area contributed by atoms with E-state index in [0.717, 1.165) is 18.4 Å². The summed E-state index contributed by atoms with van der Waals surface area (Å²) in [6, 6.07) is 10.8. The van der Waals surface area contributed by atoms with Crippen molar-refractivity contribution in [1.82, 2.24) is 19.4 Å². The van der Waals surface area contributed by atoms with Crippen molar-refractivity contribution in [3.63, 3.8) is 0 Å². The van der Waals surface area contributed by atoms with E-state index in [4.69, 9.17) is 0 Å². The third kappa shape index (κ3) is 5.22. The largest absolute Gasteiger partial charge is 0.363 e. The minimum Gasteiger partial charge on any atom is -0.363 e. The van der Waals surface area contributed by atoms with Crippen LogP contribution in [0.3, 0.4) is 0 Å². The van der Waals surface area contributed by atoms with E-state index >= 15 is 8.78 Å². The van der Waals surface area contributed by atoms with E-state index in [0.29, 0.717) is 80.2 Å². The Balaban J connectivity index is 1.43. The molecule has 220 valence electrons. The highest BCUT2D eigenvalue weighted by Crippen LogP contribution is 2.47. The number of aryl methyl sites for hydroxylation is 1. The summed E-state index contributed by atoms with van der Waals surface area (Å²) in [5.41, 5.74) is 0.789. The summed E-state index contributed by atoms with van der Waals surface area (Å²) in [6.07, 6.45) is 10.4. The van der Waals surface area contributed by atoms with Gasteiger partial charge in [0, 0.05) is 35.7 Å². The van der Waals surface area contributed by atoms with E-state index in [1.807, 2.05) is 13.0 Å². The van der Waals surface area contributed by atoms with Gasteiger partial charge in [-0.25, -0.2) is 18.7 Å². The summed E-state index contributed by atoms with van der Waals surface area (Å²) in [5, 5.41) is 14.0. The number of nitrogens with zero attached hydrogens (tertiary/aromatic N) is 5. The van der Waals surface area contributed by atoms with Crippen LogP contribution < -0.4 is 10.9 Å². The summed E-state index contributed by atoms with van der Waals surface area (Å²) in [4.78, 5) is 25.0. The minimum atomic E-state index is -2.92. The van der Waals surface area contributed by atoms with E-state index < -0.39 is 17.3 Å². The lowest BCUT2D eigenvalue weighted by molar-refractivity contribution is -0.0882. The molecular formula is C33H38F2N6O. The Bertz CT molecular complexity index is 1600. The van der Waals surface area contributed by atoms with Crippen molar-refractivity contribution in [3.05, 3.63) is 75.9 Å². The second-order valence-electron chi connectivity index (χ2n) is 12.3. The number of nitrogens with one attached hydrogen (secondary N) is 1. The van der Waals surface area contributed by atoms with Crippen LogP contribution in [-0.4, -0.2) is 38.6 Å². The Hall–Kier alpha value is -3.64. The molecule has 0 amide bonds. The molecule has 2 fully saturated rings. The Morgan fingerprint density at radius 1 is 1.02 bits per heavy atom. The molecule has 1 N–H and O–H groups in total. The Kier molecular flexibility index (Phi) is 7.61. The number of anilines is 1. The van der Waals surface area contributed by atoms with Gasteiger partial charge in [0.25, 0.3) is 11.5 Å². The Morgan fingerprint density at radius 2 is 1.79 bits per heavy atom. The first-order valence-corrected chi connectivity index (χ1v) is 15.2. The lowest BCUT2D eigenvalue weighted by atomic mass is 9.85. The van der Waals surface area contributed by atoms with Crippen LogP contribution >= 0.6 is 0 Å². The molecule has 1 aliphatic carbocycles. The van der Waals surface area contributed by atoms with Crippen LogP contribution in [0.1, 0.15) is 81.5 Å². The average Bonchev–Trinajstić information content (AvgIpc) is 3.80. The van der Waals surface area contributed by atoms with E-state index in [9.17, 15) is 10.1 Å². The number of nitriles is 1. The number of benzene rings is 1. The van der Waals surface area contributed by atoms with Crippen LogP contribution in [0.2, 0.25) is 0 Å². The third-order valence-corrected chi connectivity index (χ3v) is 9.59. The molecule has 42 heavy (non-hydrogen) atoms. The Morgan fingerprint density at radius 3 is 2.52 bits per heavy atom. The minimum absolute atomic E-state index is 0.0459. The zero-order valence-corrected chi connectivity index (χ0v) is 24.3. The SMILES string of the molecule is CC1CC/C=C\CCn2c(=O)c(C3(C#N)CC3)cc3c(ncnc32)N[C@H](C)c2cccc(c2)C(F)(F)C2CCN1CC2. The molecule has 2 atom stereocenters. The second kappa shape index (κ2) is 11.2. The van der Waals surface area contributed by atoms with E-state index in [1.54, 1.807) is 22.8 Å². The highest BCUT2D eigenvalue weighted by Gasteiger charge is 2.47. The topological polar surface area (TPSA) is 86.8 Å². The van der Waals surface area contributed by atoms with Gasteiger partial charge >= 0.3 is 0 Å². The normalized spacial score (nSPS) is 27.9. The van der Waals surface area contributed by atoms with Gasteiger partial charge in [-0.05, 0) is 89.6 Å². The number of hydrogen-bond donors (Lipinski definition) is 1. The molecular weight excluding hydrogens is 534 g/mol. The number of hydrogen-bond acceptors (Lipinski definition) is 6. The van der Waals surface area contributed by atoms with Crippen molar-refractivity contribution < 1.29 is 8.78 Å². The lowest BCUT2D eigenvalue weighted by Crippen LogP contribution is -2.43. The maximum absolute atomic E-state index is 15.9. The van der Waals surface area contributed by atoms with E-state index in [2.05, 4.69) is 45.3 Å². The molecule has 5 heterocycles. The molecule has 1 saturated carbocycles. The number of piperidine rings is 1. The van der Waals surface area contributed by atoms with Gasteiger partial charge in [0.05, 0.1) is 16.9 Å². The third-order valence-electron chi connectivity index (χ3n) is 9.59. The summed E-state index contributed by atoms with van der Waals surface area (Å²) in [7, 11) is 0. The highest BCUT2D eigenvalue weighted by atomic mass is 19.3. The molecule has 1 unspecified atom stereocenters. The van der Waals surface area contributed by atoms with Crippen molar-refractivity contribution in [1.29, 1.82) is 5.26 Å². The molecule has 7 nitrogen and oxygen atoms in total. The van der Waals surface area contributed by atoms with Gasteiger partial charge in [0.15, 0.2) is 0 Å². The molecule has 2 aromatic heterocycles. The number of halogens is 2. The summed E-state index contributed by atoms with van der Waals surface area (Å²) in [6.45, 7) is 5.89. The van der Waals surface area contributed by atoms with Crippen molar-refractivity contribution in [2.45, 2.75) is 88.8 Å². The van der Waals surface area contributed by atoms with Crippen LogP contribution in [0.5, 0.6) is 0 Å². The number of fused-ring (bicyclic) bond motifs is 8. The molecule has 9 heteroatoms. The van der Waals surface area contributed by atoms with Crippen molar-refractivity contribution in [2.24, 2.45) is 5.92 Å². The van der Waals surface area contributed by atoms with Crippen molar-refractivity contribution >= 4 is 16.9 Å². The van der Waals surface area contributed by atoms with Gasteiger partial charge in [-0.2, -0.15) is 5.26 Å². The van der Waals surface area contributed by atoms with Gasteiger partial charge in [-0.15, -0.1) is 0 Å². The molecule has 8 bridgehead atoms. The average molecular weight is 573 g/mol. The van der Waals surface area contributed by atoms with Crippen molar-refractivity contribution in [2.75, 3.05) is 18.4 Å². The highest BCUT2D eigenvalue weighted by molar-refractivity contribution is 5.87. The van der Waals surface area contributed by atoms with Crippen LogP contribution in [0.4, 0.5) is 14.6 Å². The van der Waals surface area contributed by atoms with Gasteiger partial charge < -0.3 is 10.2 Å². The molecule has 1 aromatic carbocycles. The van der Waals surface area contributed by atoms with Crippen LogP contribution in [0.25, 0.3) is 11.0 Å². The van der Waals surface area contributed by atoms with Crippen molar-refractivity contribution in [3.8, 4) is 6.07 Å². The molecule has 3 aliphatic heterocycles. The van der Waals surface area contributed by atoms with Gasteiger partial charge in [0.1, 0.15) is 17.8 Å². The van der Waals surface area contributed by atoms with E-state index in [-0.39, 0.29) is 17.2 Å². The first-order valence-electron chi connectivity index (χ1n) is 15.2. The fourth-order valence-electron chi connectivity index (χ4n) is 6.62. The fourth-order valence-corrected chi connectivity index (χ4v) is 6.62. The number of rotatable bonds is 1. The molecule has 3 aromatic rings. The summed E-state index contributed by atoms with van der Waals surface area (Å²) >= 11 is 0. The molecule has 1 saturated heterocycles.